The Morgan fingerprint density at radius 2 is 1.73 bits per heavy atom. The Kier molecular flexibility index (Phi) is 2.42. The molecule has 0 atom stereocenters. The molecule has 2 rings (SSSR count). The van der Waals surface area contributed by atoms with Crippen LogP contribution < -0.4 is 0 Å². The van der Waals surface area contributed by atoms with Gasteiger partial charge in [0.2, 0.25) is 0 Å². The van der Waals surface area contributed by atoms with Crippen molar-refractivity contribution < 1.29 is 9.21 Å². The lowest BCUT2D eigenvalue weighted by molar-refractivity contribution is 0.110. The van der Waals surface area contributed by atoms with Crippen LogP contribution in [0.3, 0.4) is 0 Å². The van der Waals surface area contributed by atoms with Crippen LogP contribution in [-0.4, -0.2) is 6.29 Å². The molecule has 2 nitrogen and oxygen atoms in total. The number of aldehydes is 1. The summed E-state index contributed by atoms with van der Waals surface area (Å²) in [5.41, 5.74) is 3.39. The van der Waals surface area contributed by atoms with E-state index in [1.165, 1.54) is 11.1 Å². The zero-order valence-electron chi connectivity index (χ0n) is 8.78. The van der Waals surface area contributed by atoms with E-state index in [-0.39, 0.29) is 0 Å². The monoisotopic (exact) mass is 200 g/mol. The molecule has 15 heavy (non-hydrogen) atoms. The van der Waals surface area contributed by atoms with Gasteiger partial charge in [0.15, 0.2) is 12.0 Å². The van der Waals surface area contributed by atoms with Crippen LogP contribution in [0.4, 0.5) is 0 Å². The number of hydrogen-bond acceptors (Lipinski definition) is 2. The molecule has 0 fully saturated rings. The van der Waals surface area contributed by atoms with Gasteiger partial charge in [-0.05, 0) is 38.1 Å². The van der Waals surface area contributed by atoms with E-state index in [1.807, 2.05) is 32.0 Å². The molecular formula is C13H12O2. The van der Waals surface area contributed by atoms with Gasteiger partial charge in [-0.25, -0.2) is 0 Å². The Morgan fingerprint density at radius 3 is 2.27 bits per heavy atom. The van der Waals surface area contributed by atoms with Crippen molar-refractivity contribution in [3.8, 4) is 11.3 Å². The molecule has 0 bridgehead atoms. The lowest BCUT2D eigenvalue weighted by Gasteiger charge is -2.01. The molecule has 0 saturated carbocycles. The van der Waals surface area contributed by atoms with Crippen LogP contribution >= 0.6 is 0 Å². The highest BCUT2D eigenvalue weighted by Gasteiger charge is 2.04. The first-order valence-corrected chi connectivity index (χ1v) is 4.83. The molecule has 0 amide bonds. The van der Waals surface area contributed by atoms with Gasteiger partial charge in [0, 0.05) is 5.56 Å². The molecule has 76 valence electrons. The molecule has 1 aromatic carbocycles. The number of rotatable bonds is 2. The molecule has 0 aliphatic carbocycles. The van der Waals surface area contributed by atoms with Crippen molar-refractivity contribution in [1.29, 1.82) is 0 Å². The Balaban J connectivity index is 2.48. The lowest BCUT2D eigenvalue weighted by atomic mass is 10.1. The minimum absolute atomic E-state index is 0.365. The molecule has 0 saturated heterocycles. The quantitative estimate of drug-likeness (QED) is 0.695. The highest BCUT2D eigenvalue weighted by Crippen LogP contribution is 2.23. The second-order valence-electron chi connectivity index (χ2n) is 3.70. The van der Waals surface area contributed by atoms with Crippen LogP contribution in [0.5, 0.6) is 0 Å². The number of carbonyl (C=O) groups is 1. The Bertz CT molecular complexity index is 475. The SMILES string of the molecule is Cc1cc(C)cc(-c2ccc(C=O)o2)c1. The predicted molar refractivity (Wildman–Crippen MR) is 59.0 cm³/mol. The Hall–Kier alpha value is -1.83. The molecule has 0 spiro atoms. The van der Waals surface area contributed by atoms with Crippen LogP contribution in [0.25, 0.3) is 11.3 Å². The smallest absolute Gasteiger partial charge is 0.185 e. The van der Waals surface area contributed by atoms with E-state index in [0.717, 1.165) is 11.3 Å². The number of benzene rings is 1. The van der Waals surface area contributed by atoms with Gasteiger partial charge >= 0.3 is 0 Å². The third-order valence-corrected chi connectivity index (χ3v) is 2.25. The van der Waals surface area contributed by atoms with Crippen LogP contribution in [0, 0.1) is 13.8 Å². The first kappa shape index (κ1) is 9.71. The summed E-state index contributed by atoms with van der Waals surface area (Å²) < 4.78 is 5.36. The largest absolute Gasteiger partial charge is 0.453 e. The van der Waals surface area contributed by atoms with E-state index >= 15 is 0 Å². The maximum atomic E-state index is 10.5. The summed E-state index contributed by atoms with van der Waals surface area (Å²) in [5, 5.41) is 0. The van der Waals surface area contributed by atoms with E-state index in [9.17, 15) is 4.79 Å². The van der Waals surface area contributed by atoms with Gasteiger partial charge in [0.05, 0.1) is 0 Å². The molecule has 2 aromatic rings. The van der Waals surface area contributed by atoms with Crippen LogP contribution in [0.2, 0.25) is 0 Å². The number of carbonyl (C=O) groups excluding carboxylic acids is 1. The summed E-state index contributed by atoms with van der Waals surface area (Å²) in [5.74, 6) is 1.10. The summed E-state index contributed by atoms with van der Waals surface area (Å²) in [6, 6.07) is 9.69. The van der Waals surface area contributed by atoms with E-state index in [2.05, 4.69) is 6.07 Å². The van der Waals surface area contributed by atoms with Crippen LogP contribution in [0.1, 0.15) is 21.7 Å². The zero-order chi connectivity index (χ0) is 10.8. The molecule has 0 aliphatic rings. The second kappa shape index (κ2) is 3.73. The minimum Gasteiger partial charge on any atom is -0.453 e. The Morgan fingerprint density at radius 1 is 1.07 bits per heavy atom. The van der Waals surface area contributed by atoms with Crippen LogP contribution in [-0.2, 0) is 0 Å². The number of furan rings is 1. The lowest BCUT2D eigenvalue weighted by Crippen LogP contribution is -1.80. The van der Waals surface area contributed by atoms with Gasteiger partial charge in [-0.15, -0.1) is 0 Å². The zero-order valence-corrected chi connectivity index (χ0v) is 8.78. The Labute approximate surface area is 88.5 Å². The predicted octanol–water partition coefficient (Wildman–Crippen LogP) is 3.38. The molecule has 0 unspecified atom stereocenters. The average molecular weight is 200 g/mol. The summed E-state index contributed by atoms with van der Waals surface area (Å²) in [7, 11) is 0. The fourth-order valence-corrected chi connectivity index (χ4v) is 1.69. The second-order valence-corrected chi connectivity index (χ2v) is 3.70. The summed E-state index contributed by atoms with van der Waals surface area (Å²) in [6.07, 6.45) is 0.714. The van der Waals surface area contributed by atoms with Crippen molar-refractivity contribution in [2.45, 2.75) is 13.8 Å². The molecule has 1 heterocycles. The summed E-state index contributed by atoms with van der Waals surface area (Å²) in [4.78, 5) is 10.5. The first-order valence-electron chi connectivity index (χ1n) is 4.83. The van der Waals surface area contributed by atoms with E-state index in [1.54, 1.807) is 6.07 Å². The van der Waals surface area contributed by atoms with E-state index in [0.29, 0.717) is 12.0 Å². The molecule has 1 aromatic heterocycles. The maximum Gasteiger partial charge on any atom is 0.185 e. The number of aryl methyl sites for hydroxylation is 2. The average Bonchev–Trinajstić information content (AvgIpc) is 2.64. The third-order valence-electron chi connectivity index (χ3n) is 2.25. The molecule has 2 heteroatoms. The van der Waals surface area contributed by atoms with Gasteiger partial charge < -0.3 is 4.42 Å². The van der Waals surface area contributed by atoms with Crippen molar-refractivity contribution in [3.05, 3.63) is 47.2 Å². The topological polar surface area (TPSA) is 30.2 Å². The van der Waals surface area contributed by atoms with Gasteiger partial charge in [0.1, 0.15) is 5.76 Å². The molecule has 0 aliphatic heterocycles. The standard InChI is InChI=1S/C13H12O2/c1-9-5-10(2)7-11(6-9)13-4-3-12(8-14)15-13/h3-8H,1-2H3. The van der Waals surface area contributed by atoms with Crippen molar-refractivity contribution >= 4 is 6.29 Å². The van der Waals surface area contributed by atoms with Gasteiger partial charge in [-0.1, -0.05) is 17.2 Å². The van der Waals surface area contributed by atoms with Gasteiger partial charge in [-0.2, -0.15) is 0 Å². The fourth-order valence-electron chi connectivity index (χ4n) is 1.69. The van der Waals surface area contributed by atoms with E-state index in [4.69, 9.17) is 4.42 Å². The van der Waals surface area contributed by atoms with Crippen molar-refractivity contribution in [2.75, 3.05) is 0 Å². The summed E-state index contributed by atoms with van der Waals surface area (Å²) >= 11 is 0. The fraction of sp³-hybridized carbons (Fsp3) is 0.154. The van der Waals surface area contributed by atoms with Gasteiger partial charge in [-0.3, -0.25) is 4.79 Å². The highest BCUT2D eigenvalue weighted by molar-refractivity contribution is 5.73. The first-order chi connectivity index (χ1) is 7.19. The molecule has 0 radical (unpaired) electrons. The molecular weight excluding hydrogens is 188 g/mol. The van der Waals surface area contributed by atoms with Crippen LogP contribution in [0.15, 0.2) is 34.7 Å². The molecule has 0 N–H and O–H groups in total. The van der Waals surface area contributed by atoms with Crippen molar-refractivity contribution in [1.82, 2.24) is 0 Å². The third kappa shape index (κ3) is 1.99. The maximum absolute atomic E-state index is 10.5. The van der Waals surface area contributed by atoms with Crippen molar-refractivity contribution in [3.63, 3.8) is 0 Å². The normalized spacial score (nSPS) is 10.3. The van der Waals surface area contributed by atoms with E-state index < -0.39 is 0 Å². The minimum atomic E-state index is 0.365. The van der Waals surface area contributed by atoms with Gasteiger partial charge in [0.25, 0.3) is 0 Å². The number of hydrogen-bond donors (Lipinski definition) is 0. The summed E-state index contributed by atoms with van der Waals surface area (Å²) in [6.45, 7) is 4.08. The van der Waals surface area contributed by atoms with Crippen molar-refractivity contribution in [2.24, 2.45) is 0 Å². The highest BCUT2D eigenvalue weighted by atomic mass is 16.3.